The van der Waals surface area contributed by atoms with Gasteiger partial charge in [0.25, 0.3) is 5.91 Å². The fourth-order valence-electron chi connectivity index (χ4n) is 2.82. The lowest BCUT2D eigenvalue weighted by atomic mass is 9.88. The number of rotatable bonds is 7. The Morgan fingerprint density at radius 2 is 1.92 bits per heavy atom. The number of carbonyl (C=O) groups is 2. The van der Waals surface area contributed by atoms with Crippen molar-refractivity contribution in [2.24, 2.45) is 0 Å². The topological polar surface area (TPSA) is 84.2 Å². The number of carbonyl (C=O) groups excluding carboxylic acids is 1. The molecule has 25 heavy (non-hydrogen) atoms. The first-order valence-corrected chi connectivity index (χ1v) is 8.17. The number of halogens is 1. The molecule has 1 aromatic heterocycles. The lowest BCUT2D eigenvalue weighted by molar-refractivity contribution is -0.138. The molecule has 6 nitrogen and oxygen atoms in total. The van der Waals surface area contributed by atoms with Gasteiger partial charge in [-0.3, -0.25) is 9.59 Å². The van der Waals surface area contributed by atoms with Gasteiger partial charge in [-0.15, -0.1) is 0 Å². The lowest BCUT2D eigenvalue weighted by Gasteiger charge is -2.31. The molecule has 0 atom stereocenters. The van der Waals surface area contributed by atoms with Crippen LogP contribution < -0.4 is 5.32 Å². The normalized spacial score (nSPS) is 11.4. The van der Waals surface area contributed by atoms with Crippen LogP contribution in [0, 0.1) is 12.7 Å². The molecular weight excluding hydrogens is 325 g/mol. The number of aliphatic carboxylic acids is 1. The van der Waals surface area contributed by atoms with Crippen molar-refractivity contribution < 1.29 is 19.1 Å². The second-order valence-corrected chi connectivity index (χ2v) is 6.02. The first kappa shape index (κ1) is 18.6. The van der Waals surface area contributed by atoms with Crippen LogP contribution in [0.5, 0.6) is 0 Å². The third-order valence-corrected chi connectivity index (χ3v) is 4.56. The van der Waals surface area contributed by atoms with Gasteiger partial charge in [-0.25, -0.2) is 9.07 Å². The Bertz CT molecular complexity index is 782. The molecule has 0 bridgehead atoms. The van der Waals surface area contributed by atoms with E-state index in [0.717, 1.165) is 0 Å². The molecule has 0 unspecified atom stereocenters. The second kappa shape index (κ2) is 7.46. The smallest absolute Gasteiger partial charge is 0.305 e. The standard InChI is InChI=1S/C18H22FN3O3/c1-4-18(5-2,10-16(23)24)21-17(25)13-11-20-22(12(13)3)15-9-7-6-8-14(15)19/h6-9,11H,4-5,10H2,1-3H3,(H,21,25)(H,23,24). The van der Waals surface area contributed by atoms with Crippen molar-refractivity contribution in [3.8, 4) is 5.69 Å². The summed E-state index contributed by atoms with van der Waals surface area (Å²) in [7, 11) is 0. The second-order valence-electron chi connectivity index (χ2n) is 6.02. The highest BCUT2D eigenvalue weighted by Gasteiger charge is 2.32. The first-order valence-electron chi connectivity index (χ1n) is 8.17. The summed E-state index contributed by atoms with van der Waals surface area (Å²) < 4.78 is 15.3. The van der Waals surface area contributed by atoms with Crippen molar-refractivity contribution in [3.05, 3.63) is 47.5 Å². The minimum Gasteiger partial charge on any atom is -0.481 e. The Morgan fingerprint density at radius 1 is 1.28 bits per heavy atom. The molecule has 0 aliphatic rings. The van der Waals surface area contributed by atoms with Crippen molar-refractivity contribution in [2.75, 3.05) is 0 Å². The Morgan fingerprint density at radius 3 is 2.48 bits per heavy atom. The Hall–Kier alpha value is -2.70. The molecule has 1 heterocycles. The van der Waals surface area contributed by atoms with E-state index in [1.165, 1.54) is 16.9 Å². The molecule has 0 aliphatic carbocycles. The summed E-state index contributed by atoms with van der Waals surface area (Å²) in [5.74, 6) is -1.82. The highest BCUT2D eigenvalue weighted by atomic mass is 19.1. The molecule has 0 spiro atoms. The predicted octanol–water partition coefficient (Wildman–Crippen LogP) is 3.08. The number of carboxylic acid groups (broad SMARTS) is 1. The Kier molecular flexibility index (Phi) is 5.56. The Labute approximate surface area is 145 Å². The number of amides is 1. The van der Waals surface area contributed by atoms with E-state index in [4.69, 9.17) is 5.11 Å². The van der Waals surface area contributed by atoms with Crippen LogP contribution in [0.15, 0.2) is 30.5 Å². The molecule has 2 rings (SSSR count). The Balaban J connectivity index is 2.32. The van der Waals surface area contributed by atoms with Crippen LogP contribution in [-0.2, 0) is 4.79 Å². The summed E-state index contributed by atoms with van der Waals surface area (Å²) in [6.45, 7) is 5.34. The van der Waals surface area contributed by atoms with Crippen molar-refractivity contribution >= 4 is 11.9 Å². The van der Waals surface area contributed by atoms with Gasteiger partial charge in [0.05, 0.1) is 29.4 Å². The minimum absolute atomic E-state index is 0.160. The molecule has 1 amide bonds. The number of hydrogen-bond donors (Lipinski definition) is 2. The lowest BCUT2D eigenvalue weighted by Crippen LogP contribution is -2.49. The maximum Gasteiger partial charge on any atom is 0.305 e. The van der Waals surface area contributed by atoms with Gasteiger partial charge in [-0.1, -0.05) is 26.0 Å². The molecule has 2 N–H and O–H groups in total. The van der Waals surface area contributed by atoms with E-state index in [-0.39, 0.29) is 12.1 Å². The molecule has 0 radical (unpaired) electrons. The molecule has 7 heteroatoms. The van der Waals surface area contributed by atoms with Gasteiger partial charge in [-0.2, -0.15) is 5.10 Å². The van der Waals surface area contributed by atoms with E-state index < -0.39 is 23.2 Å². The van der Waals surface area contributed by atoms with Gasteiger partial charge >= 0.3 is 5.97 Å². The molecular formula is C18H22FN3O3. The van der Waals surface area contributed by atoms with Crippen molar-refractivity contribution in [1.29, 1.82) is 0 Å². The van der Waals surface area contributed by atoms with Gasteiger partial charge in [0.2, 0.25) is 0 Å². The average Bonchev–Trinajstić information content (AvgIpc) is 2.95. The number of carboxylic acids is 1. The van der Waals surface area contributed by atoms with Crippen LogP contribution >= 0.6 is 0 Å². The molecule has 0 aliphatic heterocycles. The van der Waals surface area contributed by atoms with E-state index in [1.54, 1.807) is 25.1 Å². The van der Waals surface area contributed by atoms with Crippen LogP contribution in [0.25, 0.3) is 5.69 Å². The molecule has 0 saturated heterocycles. The first-order chi connectivity index (χ1) is 11.8. The fourth-order valence-corrected chi connectivity index (χ4v) is 2.82. The highest BCUT2D eigenvalue weighted by Crippen LogP contribution is 2.22. The largest absolute Gasteiger partial charge is 0.481 e. The summed E-state index contributed by atoms with van der Waals surface area (Å²) in [5.41, 5.74) is 0.205. The highest BCUT2D eigenvalue weighted by molar-refractivity contribution is 5.96. The average molecular weight is 347 g/mol. The minimum atomic E-state index is -0.970. The van der Waals surface area contributed by atoms with E-state index in [9.17, 15) is 14.0 Å². The molecule has 1 aromatic carbocycles. The number of para-hydroxylation sites is 1. The summed E-state index contributed by atoms with van der Waals surface area (Å²) in [6.07, 6.45) is 2.18. The zero-order chi connectivity index (χ0) is 18.6. The van der Waals surface area contributed by atoms with Crippen LogP contribution in [0.4, 0.5) is 4.39 Å². The predicted molar refractivity (Wildman–Crippen MR) is 91.3 cm³/mol. The number of nitrogens with zero attached hydrogens (tertiary/aromatic N) is 2. The van der Waals surface area contributed by atoms with Crippen molar-refractivity contribution in [2.45, 2.75) is 45.6 Å². The SMILES string of the molecule is CCC(CC)(CC(=O)O)NC(=O)c1cnn(-c2ccccc2F)c1C. The maximum atomic E-state index is 14.0. The van der Waals surface area contributed by atoms with Crippen LogP contribution in [0.2, 0.25) is 0 Å². The number of aromatic nitrogens is 2. The summed E-state index contributed by atoms with van der Waals surface area (Å²) in [6, 6.07) is 6.16. The number of hydrogen-bond acceptors (Lipinski definition) is 3. The van der Waals surface area contributed by atoms with Gasteiger partial charge in [0, 0.05) is 0 Å². The van der Waals surface area contributed by atoms with Gasteiger partial charge in [-0.05, 0) is 31.9 Å². The third-order valence-electron chi connectivity index (χ3n) is 4.56. The van der Waals surface area contributed by atoms with E-state index in [2.05, 4.69) is 10.4 Å². The van der Waals surface area contributed by atoms with Gasteiger partial charge in [0.1, 0.15) is 11.5 Å². The van der Waals surface area contributed by atoms with Crippen LogP contribution in [0.3, 0.4) is 0 Å². The zero-order valence-corrected chi connectivity index (χ0v) is 14.5. The fraction of sp³-hybridized carbons (Fsp3) is 0.389. The maximum absolute atomic E-state index is 14.0. The molecule has 0 saturated carbocycles. The molecule has 0 fully saturated rings. The third kappa shape index (κ3) is 3.87. The van der Waals surface area contributed by atoms with Crippen molar-refractivity contribution in [3.63, 3.8) is 0 Å². The zero-order valence-electron chi connectivity index (χ0n) is 14.5. The number of benzene rings is 1. The van der Waals surface area contributed by atoms with E-state index >= 15 is 0 Å². The van der Waals surface area contributed by atoms with Crippen LogP contribution in [-0.4, -0.2) is 32.3 Å². The number of nitrogens with one attached hydrogen (secondary N) is 1. The van der Waals surface area contributed by atoms with Gasteiger partial charge < -0.3 is 10.4 Å². The quantitative estimate of drug-likeness (QED) is 0.806. The monoisotopic (exact) mass is 347 g/mol. The van der Waals surface area contributed by atoms with E-state index in [0.29, 0.717) is 24.1 Å². The molecule has 134 valence electrons. The molecule has 2 aromatic rings. The van der Waals surface area contributed by atoms with Crippen LogP contribution in [0.1, 0.15) is 49.2 Å². The van der Waals surface area contributed by atoms with Gasteiger partial charge in [0.15, 0.2) is 0 Å². The summed E-state index contributed by atoms with van der Waals surface area (Å²) >= 11 is 0. The summed E-state index contributed by atoms with van der Waals surface area (Å²) in [5, 5.41) is 16.1. The summed E-state index contributed by atoms with van der Waals surface area (Å²) in [4.78, 5) is 23.8. The van der Waals surface area contributed by atoms with Crippen molar-refractivity contribution in [1.82, 2.24) is 15.1 Å². The van der Waals surface area contributed by atoms with E-state index in [1.807, 2.05) is 13.8 Å².